The van der Waals surface area contributed by atoms with Gasteiger partial charge in [-0.05, 0) is 13.3 Å². The van der Waals surface area contributed by atoms with Crippen molar-refractivity contribution in [2.24, 2.45) is 11.7 Å². The van der Waals surface area contributed by atoms with Crippen LogP contribution in [0.4, 0.5) is 0 Å². The lowest BCUT2D eigenvalue weighted by Crippen LogP contribution is -2.32. The molecule has 3 N–H and O–H groups in total. The largest absolute Gasteiger partial charge is 0.381 e. The van der Waals surface area contributed by atoms with Crippen molar-refractivity contribution in [3.8, 4) is 0 Å². The zero-order chi connectivity index (χ0) is 12.3. The number of aromatic amines is 1. The van der Waals surface area contributed by atoms with Crippen molar-refractivity contribution >= 4 is 11.8 Å². The molecule has 0 aromatic carbocycles. The van der Waals surface area contributed by atoms with Gasteiger partial charge in [0.15, 0.2) is 5.16 Å². The Bertz CT molecular complexity index is 429. The van der Waals surface area contributed by atoms with Crippen molar-refractivity contribution < 1.29 is 4.74 Å². The zero-order valence-corrected chi connectivity index (χ0v) is 10.6. The summed E-state index contributed by atoms with van der Waals surface area (Å²) in [5.74, 6) is 1.18. The number of thioether (sulfide) groups is 1. The Balaban J connectivity index is 1.90. The summed E-state index contributed by atoms with van der Waals surface area (Å²) in [6, 6.07) is 1.57. The number of nitrogens with two attached hydrogens (primary N) is 1. The second kappa shape index (κ2) is 5.66. The summed E-state index contributed by atoms with van der Waals surface area (Å²) >= 11 is 1.50. The van der Waals surface area contributed by atoms with Gasteiger partial charge in [0.1, 0.15) is 0 Å². The quantitative estimate of drug-likeness (QED) is 0.606. The summed E-state index contributed by atoms with van der Waals surface area (Å²) in [6.07, 6.45) is 1.03. The molecule has 1 fully saturated rings. The molecule has 1 aromatic rings. The maximum atomic E-state index is 11.3. The number of H-pyrrole nitrogens is 1. The summed E-state index contributed by atoms with van der Waals surface area (Å²) < 4.78 is 5.31. The molecule has 0 spiro atoms. The lowest BCUT2D eigenvalue weighted by Gasteiger charge is -2.16. The average molecular weight is 255 g/mol. The first kappa shape index (κ1) is 12.6. The van der Waals surface area contributed by atoms with Gasteiger partial charge in [-0.25, -0.2) is 4.98 Å². The minimum absolute atomic E-state index is 0.0910. The lowest BCUT2D eigenvalue weighted by molar-refractivity contribution is 0.182. The van der Waals surface area contributed by atoms with E-state index in [1.807, 2.05) is 6.92 Å². The second-order valence-corrected chi connectivity index (χ2v) is 5.30. The third-order valence-corrected chi connectivity index (χ3v) is 3.85. The van der Waals surface area contributed by atoms with Crippen LogP contribution in [0.1, 0.15) is 12.1 Å². The van der Waals surface area contributed by atoms with Gasteiger partial charge in [0, 0.05) is 36.1 Å². The Kier molecular flexibility index (Phi) is 4.20. The maximum absolute atomic E-state index is 11.3. The molecule has 1 aliphatic heterocycles. The number of ether oxygens (including phenoxy) is 1. The standard InChI is InChI=1S/C11H17N3O2S/c1-7-4-10(15)14-11(13-7)17-6-9(12)8-2-3-16-5-8/h4,8-9H,2-3,5-6,12H2,1H3,(H,13,14,15). The lowest BCUT2D eigenvalue weighted by atomic mass is 10.0. The number of aromatic nitrogens is 2. The highest BCUT2D eigenvalue weighted by Crippen LogP contribution is 2.20. The summed E-state index contributed by atoms with van der Waals surface area (Å²) in [7, 11) is 0. The molecule has 0 bridgehead atoms. The minimum atomic E-state index is -0.113. The van der Waals surface area contributed by atoms with Crippen LogP contribution in [-0.4, -0.2) is 35.0 Å². The Morgan fingerprint density at radius 2 is 2.59 bits per heavy atom. The molecule has 2 rings (SSSR count). The van der Waals surface area contributed by atoms with E-state index in [2.05, 4.69) is 9.97 Å². The molecule has 1 aromatic heterocycles. The van der Waals surface area contributed by atoms with E-state index in [0.717, 1.165) is 31.1 Å². The molecule has 5 nitrogen and oxygen atoms in total. The van der Waals surface area contributed by atoms with E-state index >= 15 is 0 Å². The zero-order valence-electron chi connectivity index (χ0n) is 9.81. The Hall–Kier alpha value is -0.850. The first-order valence-corrected chi connectivity index (χ1v) is 6.68. The van der Waals surface area contributed by atoms with Crippen LogP contribution < -0.4 is 11.3 Å². The van der Waals surface area contributed by atoms with Crippen molar-refractivity contribution in [3.05, 3.63) is 22.1 Å². The monoisotopic (exact) mass is 255 g/mol. The number of hydrogen-bond donors (Lipinski definition) is 2. The molecule has 94 valence electrons. The van der Waals surface area contributed by atoms with Crippen molar-refractivity contribution in [1.29, 1.82) is 0 Å². The summed E-state index contributed by atoms with van der Waals surface area (Å²) in [5.41, 5.74) is 6.70. The normalized spacial score (nSPS) is 21.6. The van der Waals surface area contributed by atoms with E-state index in [1.165, 1.54) is 17.8 Å². The topological polar surface area (TPSA) is 81.0 Å². The highest BCUT2D eigenvalue weighted by Gasteiger charge is 2.22. The highest BCUT2D eigenvalue weighted by atomic mass is 32.2. The minimum Gasteiger partial charge on any atom is -0.381 e. The van der Waals surface area contributed by atoms with E-state index in [-0.39, 0.29) is 11.6 Å². The molecule has 0 aliphatic carbocycles. The van der Waals surface area contributed by atoms with Crippen molar-refractivity contribution in [1.82, 2.24) is 9.97 Å². The molecule has 2 atom stereocenters. The molecular weight excluding hydrogens is 238 g/mol. The van der Waals surface area contributed by atoms with Gasteiger partial charge in [-0.3, -0.25) is 4.79 Å². The summed E-state index contributed by atoms with van der Waals surface area (Å²) in [4.78, 5) is 18.2. The van der Waals surface area contributed by atoms with Crippen LogP contribution >= 0.6 is 11.8 Å². The molecule has 2 unspecified atom stereocenters. The fraction of sp³-hybridized carbons (Fsp3) is 0.636. The van der Waals surface area contributed by atoms with Gasteiger partial charge in [0.2, 0.25) is 0 Å². The number of nitrogens with zero attached hydrogens (tertiary/aromatic N) is 1. The van der Waals surface area contributed by atoms with E-state index in [4.69, 9.17) is 10.5 Å². The first-order chi connectivity index (χ1) is 8.15. The predicted molar refractivity (Wildman–Crippen MR) is 67.2 cm³/mol. The maximum Gasteiger partial charge on any atom is 0.251 e. The van der Waals surface area contributed by atoms with Crippen LogP contribution in [0.2, 0.25) is 0 Å². The van der Waals surface area contributed by atoms with E-state index in [0.29, 0.717) is 11.1 Å². The Morgan fingerprint density at radius 1 is 1.76 bits per heavy atom. The molecule has 0 radical (unpaired) electrons. The molecule has 1 saturated heterocycles. The van der Waals surface area contributed by atoms with Crippen molar-refractivity contribution in [2.45, 2.75) is 24.5 Å². The van der Waals surface area contributed by atoms with Gasteiger partial charge in [0.05, 0.1) is 6.61 Å². The van der Waals surface area contributed by atoms with E-state index in [9.17, 15) is 4.79 Å². The van der Waals surface area contributed by atoms with Crippen LogP contribution in [0, 0.1) is 12.8 Å². The number of rotatable bonds is 4. The molecule has 0 amide bonds. The van der Waals surface area contributed by atoms with Gasteiger partial charge in [0.25, 0.3) is 5.56 Å². The third-order valence-electron chi connectivity index (χ3n) is 2.83. The third kappa shape index (κ3) is 3.55. The van der Waals surface area contributed by atoms with Crippen molar-refractivity contribution in [3.63, 3.8) is 0 Å². The fourth-order valence-corrected chi connectivity index (χ4v) is 2.83. The van der Waals surface area contributed by atoms with Crippen LogP contribution in [-0.2, 0) is 4.74 Å². The molecular formula is C11H17N3O2S. The smallest absolute Gasteiger partial charge is 0.251 e. The predicted octanol–water partition coefficient (Wildman–Crippen LogP) is 0.534. The Morgan fingerprint density at radius 3 is 3.24 bits per heavy atom. The molecule has 6 heteroatoms. The fourth-order valence-electron chi connectivity index (χ4n) is 1.82. The highest BCUT2D eigenvalue weighted by molar-refractivity contribution is 7.99. The van der Waals surface area contributed by atoms with Crippen molar-refractivity contribution in [2.75, 3.05) is 19.0 Å². The summed E-state index contributed by atoms with van der Waals surface area (Å²) in [6.45, 7) is 3.37. The molecule has 2 heterocycles. The van der Waals surface area contributed by atoms with E-state index < -0.39 is 0 Å². The molecule has 17 heavy (non-hydrogen) atoms. The van der Waals surface area contributed by atoms with Crippen LogP contribution in [0.5, 0.6) is 0 Å². The average Bonchev–Trinajstić information content (AvgIpc) is 2.78. The number of hydrogen-bond acceptors (Lipinski definition) is 5. The number of nitrogens with one attached hydrogen (secondary N) is 1. The van der Waals surface area contributed by atoms with Gasteiger partial charge < -0.3 is 15.5 Å². The molecule has 1 aliphatic rings. The second-order valence-electron chi connectivity index (χ2n) is 4.29. The van der Waals surface area contributed by atoms with Crippen LogP contribution in [0.3, 0.4) is 0 Å². The van der Waals surface area contributed by atoms with Gasteiger partial charge >= 0.3 is 0 Å². The van der Waals surface area contributed by atoms with Gasteiger partial charge in [-0.1, -0.05) is 11.8 Å². The van der Waals surface area contributed by atoms with Crippen LogP contribution in [0.25, 0.3) is 0 Å². The number of aryl methyl sites for hydroxylation is 1. The van der Waals surface area contributed by atoms with E-state index in [1.54, 1.807) is 0 Å². The van der Waals surface area contributed by atoms with Crippen LogP contribution in [0.15, 0.2) is 16.0 Å². The molecule has 0 saturated carbocycles. The summed E-state index contributed by atoms with van der Waals surface area (Å²) in [5, 5.41) is 0.643. The Labute approximate surface area is 104 Å². The first-order valence-electron chi connectivity index (χ1n) is 5.69. The van der Waals surface area contributed by atoms with Gasteiger partial charge in [-0.15, -0.1) is 0 Å². The van der Waals surface area contributed by atoms with Gasteiger partial charge in [-0.2, -0.15) is 0 Å². The SMILES string of the molecule is Cc1cc(=O)[nH]c(SCC(N)C2CCOC2)n1.